The molecule has 0 radical (unpaired) electrons. The average Bonchev–Trinajstić information content (AvgIpc) is 0.918. The van der Waals surface area contributed by atoms with E-state index < -0.39 is 19.1 Å². The standard InChI is InChI=1S/Mg.H2O.2O.Ti.Zr.H/h;1H2;;;;;/q+1;;;;;;/p-1. The number of hydrogen-bond acceptors (Lipinski definition) is 3. The number of hydrogen-bond donors (Lipinski definition) is 0. The van der Waals surface area contributed by atoms with Crippen molar-refractivity contribution in [2.75, 3.05) is 0 Å². The fraction of sp³-hybridized carbons (Fsp3) is 0. The van der Waals surface area contributed by atoms with Crippen molar-refractivity contribution >= 4 is 23.1 Å². The fourth-order valence-corrected chi connectivity index (χ4v) is 0. The fourth-order valence-electron chi connectivity index (χ4n) is 0. The summed E-state index contributed by atoms with van der Waals surface area (Å²) < 4.78 is 17.0. The second-order valence-corrected chi connectivity index (χ2v) is 0.344. The van der Waals surface area contributed by atoms with Gasteiger partial charge in [-0.05, 0) is 0 Å². The maximum absolute atomic E-state index is 8.50. The predicted molar refractivity (Wildman–Crippen MR) is 10.5 cm³/mol. The van der Waals surface area contributed by atoms with Gasteiger partial charge in [0.1, 0.15) is 0 Å². The average molecular weight is 213 g/mol. The molecule has 0 aliphatic carbocycles. The molecule has 0 heterocycles. The first-order valence-corrected chi connectivity index (χ1v) is 1.68. The van der Waals surface area contributed by atoms with Gasteiger partial charge in [0.25, 0.3) is 0 Å². The van der Waals surface area contributed by atoms with Crippen LogP contribution in [0.5, 0.6) is 0 Å². The van der Waals surface area contributed by atoms with Gasteiger partial charge in [0, 0.05) is 26.2 Å². The largest absolute Gasteiger partial charge is 0 e. The smallest absolute Gasteiger partial charge is 0 e. The van der Waals surface area contributed by atoms with Crippen LogP contribution in [-0.2, 0) is 51.9 Å². The molecule has 0 bridgehead atoms. The van der Waals surface area contributed by atoms with Crippen molar-refractivity contribution in [2.45, 2.75) is 0 Å². The minimum absolute atomic E-state index is 0. The molecule has 6 heteroatoms. The first-order valence-electron chi connectivity index (χ1n) is 0.408. The molecule has 0 aliphatic rings. The minimum atomic E-state index is -2.00. The summed E-state index contributed by atoms with van der Waals surface area (Å²) in [7, 11) is 0. The zero-order chi connectivity index (χ0) is 2.71. The van der Waals surface area contributed by atoms with Gasteiger partial charge in [0.05, 0.1) is 0 Å². The van der Waals surface area contributed by atoms with Crippen LogP contribution in [0.2, 0.25) is 0 Å². The van der Waals surface area contributed by atoms with Gasteiger partial charge in [-0.3, -0.25) is 0 Å². The molecular weight excluding hydrogens is 211 g/mol. The Kier molecular flexibility index (Phi) is 117. The molecule has 0 spiro atoms. The van der Waals surface area contributed by atoms with Gasteiger partial charge in [0.2, 0.25) is 0 Å². The molecule has 0 fully saturated rings. The van der Waals surface area contributed by atoms with Crippen LogP contribution in [-0.4, -0.2) is 28.5 Å². The van der Waals surface area contributed by atoms with Gasteiger partial charge in [0.15, 0.2) is 0 Å². The summed E-state index contributed by atoms with van der Waals surface area (Å²) >= 11 is -2.00. The van der Waals surface area contributed by atoms with Crippen molar-refractivity contribution in [3.8, 4) is 0 Å². The predicted octanol–water partition coefficient (Wildman–Crippen LogP) is -1.07. The van der Waals surface area contributed by atoms with Gasteiger partial charge < -0.3 is 5.48 Å². The molecular formula is H2MgO3TiZr. The summed E-state index contributed by atoms with van der Waals surface area (Å²) in [4.78, 5) is 0. The van der Waals surface area contributed by atoms with Crippen molar-refractivity contribution in [3.63, 3.8) is 0 Å². The second-order valence-electron chi connectivity index (χ2n) is 0.0833. The summed E-state index contributed by atoms with van der Waals surface area (Å²) in [6.07, 6.45) is 0. The molecule has 3 nitrogen and oxygen atoms in total. The van der Waals surface area contributed by atoms with Crippen molar-refractivity contribution in [2.24, 2.45) is 0 Å². The quantitative estimate of drug-likeness (QED) is 0.482. The van der Waals surface area contributed by atoms with E-state index in [4.69, 9.17) is 6.65 Å². The molecule has 0 amide bonds. The Morgan fingerprint density at radius 3 is 1.17 bits per heavy atom. The SMILES string of the molecule is [MgH+].[OH-].[O]=[Ti]=[O].[Zr]. The van der Waals surface area contributed by atoms with Gasteiger partial charge in [-0.1, -0.05) is 0 Å². The first-order chi connectivity index (χ1) is 1.41. The molecule has 0 aromatic rings. The van der Waals surface area contributed by atoms with Crippen LogP contribution < -0.4 is 0 Å². The summed E-state index contributed by atoms with van der Waals surface area (Å²) in [5, 5.41) is 0. The van der Waals surface area contributed by atoms with E-state index in [0.29, 0.717) is 0 Å². The number of rotatable bonds is 0. The van der Waals surface area contributed by atoms with Crippen LogP contribution >= 0.6 is 0 Å². The van der Waals surface area contributed by atoms with Crippen LogP contribution in [0, 0.1) is 0 Å². The van der Waals surface area contributed by atoms with Crippen molar-refractivity contribution < 1.29 is 57.4 Å². The Bertz CT molecular complexity index is 31.8. The molecule has 0 saturated carbocycles. The summed E-state index contributed by atoms with van der Waals surface area (Å²) in [6.45, 7) is 0. The van der Waals surface area contributed by atoms with E-state index >= 15 is 0 Å². The van der Waals surface area contributed by atoms with Crippen LogP contribution in [0.4, 0.5) is 0 Å². The molecule has 30 valence electrons. The van der Waals surface area contributed by atoms with E-state index in [0.717, 1.165) is 0 Å². The van der Waals surface area contributed by atoms with Crippen molar-refractivity contribution in [1.29, 1.82) is 0 Å². The van der Waals surface area contributed by atoms with Crippen LogP contribution in [0.15, 0.2) is 0 Å². The summed E-state index contributed by atoms with van der Waals surface area (Å²) in [6, 6.07) is 0. The van der Waals surface area contributed by atoms with E-state index in [9.17, 15) is 0 Å². The van der Waals surface area contributed by atoms with E-state index in [1.165, 1.54) is 0 Å². The normalized spacial score (nSPS) is 1.33. The topological polar surface area (TPSA) is 64.1 Å². The third kappa shape index (κ3) is 38.8. The Balaban J connectivity index is -0.00000000667. The molecule has 6 heavy (non-hydrogen) atoms. The molecule has 0 aromatic carbocycles. The third-order valence-electron chi connectivity index (χ3n) is 0. The minimum Gasteiger partial charge on any atom is 0 e. The van der Waals surface area contributed by atoms with Gasteiger partial charge in [-0.2, -0.15) is 0 Å². The Morgan fingerprint density at radius 2 is 1.17 bits per heavy atom. The van der Waals surface area contributed by atoms with E-state index in [1.807, 2.05) is 0 Å². The van der Waals surface area contributed by atoms with Gasteiger partial charge >= 0.3 is 48.8 Å². The Morgan fingerprint density at radius 1 is 1.17 bits per heavy atom. The van der Waals surface area contributed by atoms with Crippen molar-refractivity contribution in [3.05, 3.63) is 0 Å². The zero-order valence-electron chi connectivity index (χ0n) is 3.26. The third-order valence-corrected chi connectivity index (χ3v) is 0. The van der Waals surface area contributed by atoms with Crippen LogP contribution in [0.25, 0.3) is 0 Å². The Hall–Kier alpha value is 1.92. The Labute approximate surface area is 79.4 Å². The second kappa shape index (κ2) is 28.4. The summed E-state index contributed by atoms with van der Waals surface area (Å²) in [5.41, 5.74) is 0. The van der Waals surface area contributed by atoms with E-state index in [2.05, 4.69) is 0 Å². The van der Waals surface area contributed by atoms with E-state index in [-0.39, 0.29) is 54.7 Å². The van der Waals surface area contributed by atoms with Crippen LogP contribution in [0.1, 0.15) is 0 Å². The van der Waals surface area contributed by atoms with Gasteiger partial charge in [-0.25, -0.2) is 0 Å². The first kappa shape index (κ1) is 24.7. The maximum atomic E-state index is 8.50. The van der Waals surface area contributed by atoms with Crippen LogP contribution in [0.3, 0.4) is 0 Å². The maximum Gasteiger partial charge on any atom is 0 e. The molecule has 0 atom stereocenters. The van der Waals surface area contributed by atoms with E-state index in [1.54, 1.807) is 0 Å². The molecule has 0 saturated heterocycles. The molecule has 0 aromatic heterocycles. The zero-order valence-corrected chi connectivity index (χ0v) is 9.28. The monoisotopic (exact) mass is 212 g/mol. The molecule has 0 unspecified atom stereocenters. The summed E-state index contributed by atoms with van der Waals surface area (Å²) in [5.74, 6) is 0. The van der Waals surface area contributed by atoms with Gasteiger partial charge in [-0.15, -0.1) is 0 Å². The molecule has 0 aliphatic heterocycles. The molecule has 0 rings (SSSR count). The van der Waals surface area contributed by atoms with Crippen molar-refractivity contribution in [1.82, 2.24) is 0 Å². The molecule has 1 N–H and O–H groups in total.